The van der Waals surface area contributed by atoms with Gasteiger partial charge in [0, 0.05) is 24.2 Å². The van der Waals surface area contributed by atoms with Crippen LogP contribution in [-0.4, -0.2) is 24.1 Å². The molecular formula is C19H29IN4OS. The van der Waals surface area contributed by atoms with Crippen molar-refractivity contribution in [3.8, 4) is 0 Å². The number of hydrogen-bond donors (Lipinski definition) is 2. The molecule has 0 aliphatic heterocycles. The number of aryl methyl sites for hydroxylation is 1. The zero-order valence-electron chi connectivity index (χ0n) is 15.7. The summed E-state index contributed by atoms with van der Waals surface area (Å²) in [4.78, 5) is 10.5. The zero-order chi connectivity index (χ0) is 17.9. The van der Waals surface area contributed by atoms with Crippen LogP contribution in [0.15, 0.2) is 35.5 Å². The number of hydrogen-bond acceptors (Lipinski definition) is 4. The summed E-state index contributed by atoms with van der Waals surface area (Å²) in [6.07, 6.45) is 2.98. The molecule has 7 heteroatoms. The summed E-state index contributed by atoms with van der Waals surface area (Å²) >= 11 is 1.75. The second-order valence-electron chi connectivity index (χ2n) is 5.53. The van der Waals surface area contributed by atoms with E-state index >= 15 is 0 Å². The molecule has 2 N–H and O–H groups in total. The van der Waals surface area contributed by atoms with Crippen LogP contribution in [0.3, 0.4) is 0 Å². The fourth-order valence-electron chi connectivity index (χ4n) is 2.32. The first-order valence-electron chi connectivity index (χ1n) is 8.87. The fraction of sp³-hybridized carbons (Fsp3) is 0.474. The van der Waals surface area contributed by atoms with Crippen molar-refractivity contribution in [2.45, 2.75) is 46.9 Å². The van der Waals surface area contributed by atoms with Crippen molar-refractivity contribution in [2.24, 2.45) is 4.99 Å². The Morgan fingerprint density at radius 2 is 1.92 bits per heavy atom. The summed E-state index contributed by atoms with van der Waals surface area (Å²) in [7, 11) is 0. The molecule has 1 aromatic heterocycles. The molecule has 0 atom stereocenters. The Bertz CT molecular complexity index is 675. The number of nitrogens with one attached hydrogen (secondary N) is 2. The minimum absolute atomic E-state index is 0. The Kier molecular flexibility index (Phi) is 11.5. The molecule has 2 aromatic rings. The Morgan fingerprint density at radius 1 is 1.15 bits per heavy atom. The maximum atomic E-state index is 5.55. The lowest BCUT2D eigenvalue weighted by Crippen LogP contribution is -2.36. The van der Waals surface area contributed by atoms with E-state index in [0.717, 1.165) is 30.5 Å². The first-order valence-corrected chi connectivity index (χ1v) is 9.68. The van der Waals surface area contributed by atoms with Crippen molar-refractivity contribution in [3.05, 3.63) is 51.5 Å². The third-order valence-corrected chi connectivity index (χ3v) is 4.83. The van der Waals surface area contributed by atoms with Gasteiger partial charge < -0.3 is 15.4 Å². The van der Waals surface area contributed by atoms with Crippen molar-refractivity contribution in [1.82, 2.24) is 15.6 Å². The van der Waals surface area contributed by atoms with Gasteiger partial charge in [0.2, 0.25) is 0 Å². The highest BCUT2D eigenvalue weighted by molar-refractivity contribution is 14.0. The van der Waals surface area contributed by atoms with Gasteiger partial charge in [0.25, 0.3) is 0 Å². The lowest BCUT2D eigenvalue weighted by Gasteiger charge is -2.11. The van der Waals surface area contributed by atoms with Crippen LogP contribution >= 0.6 is 35.3 Å². The van der Waals surface area contributed by atoms with Gasteiger partial charge >= 0.3 is 0 Å². The van der Waals surface area contributed by atoms with Gasteiger partial charge in [0.05, 0.1) is 19.7 Å². The van der Waals surface area contributed by atoms with Crippen molar-refractivity contribution in [2.75, 3.05) is 13.2 Å². The number of benzene rings is 1. The molecule has 0 aliphatic rings. The van der Waals surface area contributed by atoms with E-state index in [-0.39, 0.29) is 24.0 Å². The van der Waals surface area contributed by atoms with Crippen molar-refractivity contribution in [3.63, 3.8) is 0 Å². The quantitative estimate of drug-likeness (QED) is 0.317. The second-order valence-corrected chi connectivity index (χ2v) is 6.73. The standard InChI is InChI=1S/C19H28N4OS.HI/c1-4-17-12-21-18(25-17)13-23-19(20-5-2)22-11-15-9-7-8-10-16(15)14-24-6-3;/h7-10,12H,4-6,11,13-14H2,1-3H3,(H2,20,22,23);1H. The van der Waals surface area contributed by atoms with Crippen LogP contribution in [0.2, 0.25) is 0 Å². The smallest absolute Gasteiger partial charge is 0.191 e. The molecule has 0 unspecified atom stereocenters. The summed E-state index contributed by atoms with van der Waals surface area (Å²) in [5, 5.41) is 7.74. The predicted octanol–water partition coefficient (Wildman–Crippen LogP) is 4.12. The molecule has 0 aliphatic carbocycles. The van der Waals surface area contributed by atoms with Gasteiger partial charge in [-0.05, 0) is 31.4 Å². The molecule has 1 aromatic carbocycles. The molecule has 5 nitrogen and oxygen atoms in total. The number of aromatic nitrogens is 1. The predicted molar refractivity (Wildman–Crippen MR) is 120 cm³/mol. The largest absolute Gasteiger partial charge is 0.377 e. The Morgan fingerprint density at radius 3 is 2.58 bits per heavy atom. The topological polar surface area (TPSA) is 58.5 Å². The molecule has 144 valence electrons. The van der Waals surface area contributed by atoms with Crippen LogP contribution in [0.4, 0.5) is 0 Å². The molecule has 0 amide bonds. The molecule has 2 rings (SSSR count). The van der Waals surface area contributed by atoms with E-state index in [4.69, 9.17) is 9.73 Å². The van der Waals surface area contributed by atoms with E-state index in [2.05, 4.69) is 41.6 Å². The van der Waals surface area contributed by atoms with Crippen LogP contribution in [0.1, 0.15) is 41.8 Å². The number of nitrogens with zero attached hydrogens (tertiary/aromatic N) is 2. The zero-order valence-corrected chi connectivity index (χ0v) is 18.9. The van der Waals surface area contributed by atoms with E-state index in [1.807, 2.05) is 25.3 Å². The Labute approximate surface area is 177 Å². The van der Waals surface area contributed by atoms with E-state index in [1.54, 1.807) is 11.3 Å². The van der Waals surface area contributed by atoms with Gasteiger partial charge in [-0.1, -0.05) is 31.2 Å². The van der Waals surface area contributed by atoms with Crippen molar-refractivity contribution in [1.29, 1.82) is 0 Å². The third-order valence-electron chi connectivity index (χ3n) is 3.69. The highest BCUT2D eigenvalue weighted by Gasteiger charge is 2.04. The summed E-state index contributed by atoms with van der Waals surface area (Å²) in [5.74, 6) is 0.807. The highest BCUT2D eigenvalue weighted by atomic mass is 127. The monoisotopic (exact) mass is 488 g/mol. The highest BCUT2D eigenvalue weighted by Crippen LogP contribution is 2.13. The normalized spacial score (nSPS) is 11.1. The van der Waals surface area contributed by atoms with Crippen LogP contribution in [0.25, 0.3) is 0 Å². The number of rotatable bonds is 9. The van der Waals surface area contributed by atoms with E-state index < -0.39 is 0 Å². The number of aliphatic imine (C=N–C) groups is 1. The van der Waals surface area contributed by atoms with E-state index in [9.17, 15) is 0 Å². The van der Waals surface area contributed by atoms with Crippen LogP contribution in [-0.2, 0) is 30.9 Å². The summed E-state index contributed by atoms with van der Waals surface area (Å²) < 4.78 is 5.55. The average molecular weight is 488 g/mol. The van der Waals surface area contributed by atoms with Gasteiger partial charge in [-0.2, -0.15) is 0 Å². The van der Waals surface area contributed by atoms with Gasteiger partial charge in [0.1, 0.15) is 5.01 Å². The van der Waals surface area contributed by atoms with Crippen molar-refractivity contribution < 1.29 is 4.74 Å². The first-order chi connectivity index (χ1) is 12.3. The van der Waals surface area contributed by atoms with Gasteiger partial charge in [-0.25, -0.2) is 9.98 Å². The third kappa shape index (κ3) is 7.59. The van der Waals surface area contributed by atoms with E-state index in [0.29, 0.717) is 19.7 Å². The molecular weight excluding hydrogens is 459 g/mol. The molecule has 0 fully saturated rings. The Balaban J connectivity index is 0.00000338. The fourth-order valence-corrected chi connectivity index (χ4v) is 3.13. The number of ether oxygens (including phenoxy) is 1. The molecule has 0 bridgehead atoms. The molecule has 0 saturated heterocycles. The summed E-state index contributed by atoms with van der Waals surface area (Å²) in [5.41, 5.74) is 2.38. The lowest BCUT2D eigenvalue weighted by molar-refractivity contribution is 0.133. The van der Waals surface area contributed by atoms with Crippen LogP contribution < -0.4 is 10.6 Å². The number of thiazole rings is 1. The average Bonchev–Trinajstić information content (AvgIpc) is 3.11. The lowest BCUT2D eigenvalue weighted by atomic mass is 10.1. The second kappa shape index (κ2) is 13.1. The Hall–Kier alpha value is -1.19. The number of halogens is 1. The minimum atomic E-state index is 0. The maximum absolute atomic E-state index is 5.55. The van der Waals surface area contributed by atoms with Crippen molar-refractivity contribution >= 4 is 41.3 Å². The molecule has 0 spiro atoms. The summed E-state index contributed by atoms with van der Waals surface area (Å²) in [6, 6.07) is 8.29. The van der Waals surface area contributed by atoms with Gasteiger partial charge in [-0.15, -0.1) is 35.3 Å². The van der Waals surface area contributed by atoms with Gasteiger partial charge in [0.15, 0.2) is 5.96 Å². The first kappa shape index (κ1) is 22.9. The maximum Gasteiger partial charge on any atom is 0.191 e. The van der Waals surface area contributed by atoms with E-state index in [1.165, 1.54) is 16.0 Å². The summed E-state index contributed by atoms with van der Waals surface area (Å²) in [6.45, 7) is 9.71. The molecule has 0 saturated carbocycles. The van der Waals surface area contributed by atoms with Crippen LogP contribution in [0.5, 0.6) is 0 Å². The number of guanidine groups is 1. The van der Waals surface area contributed by atoms with Gasteiger partial charge in [-0.3, -0.25) is 0 Å². The molecule has 1 heterocycles. The van der Waals surface area contributed by atoms with Crippen LogP contribution in [0, 0.1) is 0 Å². The SMILES string of the molecule is CCNC(=NCc1ccccc1COCC)NCc1ncc(CC)s1.I. The molecule has 0 radical (unpaired) electrons. The molecule has 26 heavy (non-hydrogen) atoms. The minimum Gasteiger partial charge on any atom is -0.377 e.